The summed E-state index contributed by atoms with van der Waals surface area (Å²) in [6.45, 7) is 4.37. The van der Waals surface area contributed by atoms with Crippen LogP contribution in [0.4, 0.5) is 4.39 Å². The molecule has 4 rings (SSSR count). The molecule has 1 unspecified atom stereocenters. The normalized spacial score (nSPS) is 16.8. The SMILES string of the molecule is Cc1cc(-c2cnc(C)nc2C2CCCCN2C(=O)Cc2ccc(F)cc2)on1. The van der Waals surface area contributed by atoms with Gasteiger partial charge < -0.3 is 9.42 Å². The van der Waals surface area contributed by atoms with E-state index in [1.807, 2.05) is 24.8 Å². The fraction of sp³-hybridized carbons (Fsp3) is 0.364. The second kappa shape index (κ2) is 8.11. The van der Waals surface area contributed by atoms with Crippen LogP contribution in [0.2, 0.25) is 0 Å². The number of aryl methyl sites for hydroxylation is 2. The number of benzene rings is 1. The van der Waals surface area contributed by atoms with Crippen LogP contribution in [-0.2, 0) is 11.2 Å². The van der Waals surface area contributed by atoms with Crippen LogP contribution in [0.25, 0.3) is 11.3 Å². The van der Waals surface area contributed by atoms with E-state index in [2.05, 4.69) is 10.1 Å². The van der Waals surface area contributed by atoms with Gasteiger partial charge in [0.25, 0.3) is 0 Å². The summed E-state index contributed by atoms with van der Waals surface area (Å²) in [4.78, 5) is 24.0. The number of rotatable bonds is 4. The van der Waals surface area contributed by atoms with Crippen LogP contribution < -0.4 is 0 Å². The Hall–Kier alpha value is -3.09. The van der Waals surface area contributed by atoms with Crippen molar-refractivity contribution in [1.29, 1.82) is 0 Å². The first-order valence-electron chi connectivity index (χ1n) is 9.82. The van der Waals surface area contributed by atoms with Crippen LogP contribution in [0.5, 0.6) is 0 Å². The van der Waals surface area contributed by atoms with Crippen molar-refractivity contribution < 1.29 is 13.7 Å². The van der Waals surface area contributed by atoms with Gasteiger partial charge in [-0.15, -0.1) is 0 Å². The lowest BCUT2D eigenvalue weighted by atomic mass is 9.94. The van der Waals surface area contributed by atoms with Crippen molar-refractivity contribution in [2.24, 2.45) is 0 Å². The molecule has 3 aromatic rings. The number of likely N-dealkylation sites (tertiary alicyclic amines) is 1. The average molecular weight is 394 g/mol. The fourth-order valence-electron chi connectivity index (χ4n) is 3.81. The van der Waals surface area contributed by atoms with Crippen molar-refractivity contribution in [1.82, 2.24) is 20.0 Å². The van der Waals surface area contributed by atoms with Gasteiger partial charge in [-0.05, 0) is 50.8 Å². The van der Waals surface area contributed by atoms with Crippen LogP contribution >= 0.6 is 0 Å². The monoisotopic (exact) mass is 394 g/mol. The predicted octanol–water partition coefficient (Wildman–Crippen LogP) is 4.18. The third-order valence-electron chi connectivity index (χ3n) is 5.24. The topological polar surface area (TPSA) is 72.1 Å². The van der Waals surface area contributed by atoms with Crippen molar-refractivity contribution in [3.63, 3.8) is 0 Å². The van der Waals surface area contributed by atoms with Gasteiger partial charge in [-0.2, -0.15) is 0 Å². The van der Waals surface area contributed by atoms with E-state index >= 15 is 0 Å². The van der Waals surface area contributed by atoms with E-state index in [0.29, 0.717) is 18.1 Å². The number of hydrogen-bond donors (Lipinski definition) is 0. The molecule has 1 saturated heterocycles. The van der Waals surface area contributed by atoms with E-state index in [-0.39, 0.29) is 24.2 Å². The van der Waals surface area contributed by atoms with E-state index in [1.165, 1.54) is 12.1 Å². The number of nitrogens with zero attached hydrogens (tertiary/aromatic N) is 4. The van der Waals surface area contributed by atoms with E-state index < -0.39 is 0 Å². The smallest absolute Gasteiger partial charge is 0.227 e. The van der Waals surface area contributed by atoms with Gasteiger partial charge in [0.05, 0.1) is 29.4 Å². The van der Waals surface area contributed by atoms with Gasteiger partial charge in [0.2, 0.25) is 5.91 Å². The Labute approximate surface area is 168 Å². The first kappa shape index (κ1) is 19.2. The third kappa shape index (κ3) is 4.18. The number of piperidine rings is 1. The molecule has 0 aliphatic carbocycles. The van der Waals surface area contributed by atoms with E-state index in [0.717, 1.165) is 41.8 Å². The molecular formula is C22H23FN4O2. The Balaban J connectivity index is 1.66. The summed E-state index contributed by atoms with van der Waals surface area (Å²) in [7, 11) is 0. The molecule has 3 heterocycles. The molecule has 6 nitrogen and oxygen atoms in total. The molecule has 0 radical (unpaired) electrons. The minimum atomic E-state index is -0.305. The standard InChI is InChI=1S/C22H23FN4O2/c1-14-11-20(29-26-14)18-13-24-15(2)25-22(18)19-5-3-4-10-27(19)21(28)12-16-6-8-17(23)9-7-16/h6-9,11,13,19H,3-5,10,12H2,1-2H3. The molecule has 0 N–H and O–H groups in total. The minimum absolute atomic E-state index is 0.0114. The van der Waals surface area contributed by atoms with Gasteiger partial charge in [-0.25, -0.2) is 14.4 Å². The predicted molar refractivity (Wildman–Crippen MR) is 105 cm³/mol. The second-order valence-electron chi connectivity index (χ2n) is 7.45. The zero-order valence-electron chi connectivity index (χ0n) is 16.6. The second-order valence-corrected chi connectivity index (χ2v) is 7.45. The maximum Gasteiger partial charge on any atom is 0.227 e. The van der Waals surface area contributed by atoms with Gasteiger partial charge in [0.15, 0.2) is 5.76 Å². The molecule has 1 amide bonds. The summed E-state index contributed by atoms with van der Waals surface area (Å²) in [6, 6.07) is 7.78. The van der Waals surface area contributed by atoms with E-state index in [9.17, 15) is 9.18 Å². The third-order valence-corrected chi connectivity index (χ3v) is 5.24. The average Bonchev–Trinajstić information content (AvgIpc) is 3.15. The molecule has 1 aromatic carbocycles. The Morgan fingerprint density at radius 3 is 2.76 bits per heavy atom. The van der Waals surface area contributed by atoms with Gasteiger partial charge in [-0.1, -0.05) is 17.3 Å². The Kier molecular flexibility index (Phi) is 5.38. The van der Waals surface area contributed by atoms with Crippen LogP contribution in [0.15, 0.2) is 41.1 Å². The Morgan fingerprint density at radius 2 is 2.03 bits per heavy atom. The first-order valence-corrected chi connectivity index (χ1v) is 9.82. The molecule has 0 saturated carbocycles. The highest BCUT2D eigenvalue weighted by molar-refractivity contribution is 5.79. The minimum Gasteiger partial charge on any atom is -0.356 e. The molecule has 7 heteroatoms. The summed E-state index contributed by atoms with van der Waals surface area (Å²) in [5, 5.41) is 3.98. The molecule has 0 bridgehead atoms. The number of hydrogen-bond acceptors (Lipinski definition) is 5. The highest BCUT2D eigenvalue weighted by Crippen LogP contribution is 2.36. The maximum atomic E-state index is 13.2. The number of carbonyl (C=O) groups excluding carboxylic acids is 1. The lowest BCUT2D eigenvalue weighted by Gasteiger charge is -2.36. The van der Waals surface area contributed by atoms with Gasteiger partial charge in [0.1, 0.15) is 11.6 Å². The molecule has 1 atom stereocenters. The van der Waals surface area contributed by atoms with Gasteiger partial charge in [-0.3, -0.25) is 4.79 Å². The summed E-state index contributed by atoms with van der Waals surface area (Å²) >= 11 is 0. The molecule has 1 fully saturated rings. The Bertz CT molecular complexity index is 1020. The van der Waals surface area contributed by atoms with Crippen LogP contribution in [-0.4, -0.2) is 32.5 Å². The number of amides is 1. The van der Waals surface area contributed by atoms with Crippen molar-refractivity contribution in [3.05, 3.63) is 65.1 Å². The molecule has 1 aliphatic rings. The van der Waals surface area contributed by atoms with Crippen LogP contribution in [0, 0.1) is 19.7 Å². The molecular weight excluding hydrogens is 371 g/mol. The molecule has 150 valence electrons. The number of halogens is 1. The first-order chi connectivity index (χ1) is 14.0. The zero-order valence-corrected chi connectivity index (χ0v) is 16.6. The fourth-order valence-corrected chi connectivity index (χ4v) is 3.81. The number of carbonyl (C=O) groups is 1. The molecule has 29 heavy (non-hydrogen) atoms. The number of aromatic nitrogens is 3. The van der Waals surface area contributed by atoms with Crippen molar-refractivity contribution in [2.45, 2.75) is 45.6 Å². The molecule has 1 aliphatic heterocycles. The van der Waals surface area contributed by atoms with E-state index in [1.54, 1.807) is 18.3 Å². The summed E-state index contributed by atoms with van der Waals surface area (Å²) in [5.41, 5.74) is 3.13. The maximum absolute atomic E-state index is 13.2. The Morgan fingerprint density at radius 1 is 1.24 bits per heavy atom. The van der Waals surface area contributed by atoms with Crippen LogP contribution in [0.1, 0.15) is 48.1 Å². The molecule has 2 aromatic heterocycles. The van der Waals surface area contributed by atoms with E-state index in [4.69, 9.17) is 9.51 Å². The highest BCUT2D eigenvalue weighted by Gasteiger charge is 2.32. The summed E-state index contributed by atoms with van der Waals surface area (Å²) in [5.74, 6) is 0.961. The highest BCUT2D eigenvalue weighted by atomic mass is 19.1. The quantitative estimate of drug-likeness (QED) is 0.664. The molecule has 0 spiro atoms. The summed E-state index contributed by atoms with van der Waals surface area (Å²) in [6.07, 6.45) is 4.77. The van der Waals surface area contributed by atoms with Crippen molar-refractivity contribution in [3.8, 4) is 11.3 Å². The van der Waals surface area contributed by atoms with Gasteiger partial charge >= 0.3 is 0 Å². The lowest BCUT2D eigenvalue weighted by Crippen LogP contribution is -2.40. The largest absolute Gasteiger partial charge is 0.356 e. The van der Waals surface area contributed by atoms with Crippen LogP contribution in [0.3, 0.4) is 0 Å². The zero-order chi connectivity index (χ0) is 20.4. The van der Waals surface area contributed by atoms with Gasteiger partial charge in [0, 0.05) is 18.8 Å². The van der Waals surface area contributed by atoms with Crippen molar-refractivity contribution in [2.75, 3.05) is 6.54 Å². The van der Waals surface area contributed by atoms with Crippen molar-refractivity contribution >= 4 is 5.91 Å². The summed E-state index contributed by atoms with van der Waals surface area (Å²) < 4.78 is 18.6. The lowest BCUT2D eigenvalue weighted by molar-refractivity contribution is -0.134.